The van der Waals surface area contributed by atoms with Crippen molar-refractivity contribution in [3.63, 3.8) is 0 Å². The Morgan fingerprint density at radius 3 is 2.63 bits per heavy atom. The van der Waals surface area contributed by atoms with E-state index in [0.717, 1.165) is 30.9 Å². The molecule has 1 aliphatic rings. The number of ether oxygens (including phenoxy) is 1. The van der Waals surface area contributed by atoms with E-state index in [2.05, 4.69) is 12.2 Å². The fourth-order valence-corrected chi connectivity index (χ4v) is 2.60. The minimum atomic E-state index is -0.213. The zero-order valence-electron chi connectivity index (χ0n) is 11.9. The summed E-state index contributed by atoms with van der Waals surface area (Å²) in [6, 6.07) is 5.01. The summed E-state index contributed by atoms with van der Waals surface area (Å²) in [4.78, 5) is 0. The summed E-state index contributed by atoms with van der Waals surface area (Å²) in [5, 5.41) is 3.21. The van der Waals surface area contributed by atoms with Crippen LogP contribution in [0.25, 0.3) is 0 Å². The molecular formula is C16H24FNO. The lowest BCUT2D eigenvalue weighted by atomic mass is 9.89. The number of benzene rings is 1. The minimum Gasteiger partial charge on any atom is -0.490 e. The molecule has 1 aromatic rings. The molecule has 2 rings (SSSR count). The summed E-state index contributed by atoms with van der Waals surface area (Å²) in [6.45, 7) is 5.90. The molecule has 0 spiro atoms. The van der Waals surface area contributed by atoms with Crippen LogP contribution in [0.3, 0.4) is 0 Å². The van der Waals surface area contributed by atoms with Gasteiger partial charge in [0.2, 0.25) is 0 Å². The fourth-order valence-electron chi connectivity index (χ4n) is 2.60. The number of nitrogens with one attached hydrogen (secondary N) is 1. The van der Waals surface area contributed by atoms with Crippen molar-refractivity contribution in [2.75, 3.05) is 6.54 Å². The Hall–Kier alpha value is -1.09. The van der Waals surface area contributed by atoms with Crippen molar-refractivity contribution < 1.29 is 9.13 Å². The van der Waals surface area contributed by atoms with E-state index in [1.54, 1.807) is 6.07 Å². The molecule has 0 atom stereocenters. The van der Waals surface area contributed by atoms with Gasteiger partial charge >= 0.3 is 0 Å². The van der Waals surface area contributed by atoms with Crippen LogP contribution < -0.4 is 10.1 Å². The third kappa shape index (κ3) is 4.50. The number of rotatable bonds is 5. The third-order valence-corrected chi connectivity index (χ3v) is 3.78. The maximum absolute atomic E-state index is 13.6. The van der Waals surface area contributed by atoms with Gasteiger partial charge in [-0.3, -0.25) is 0 Å². The van der Waals surface area contributed by atoms with E-state index in [-0.39, 0.29) is 11.9 Å². The van der Waals surface area contributed by atoms with Crippen LogP contribution in [0.15, 0.2) is 18.2 Å². The number of hydrogen-bond donors (Lipinski definition) is 1. The standard InChI is InChI=1S/C16H24FNO/c1-3-18-11-13-8-14(17)10-16(9-13)19-15-6-4-12(2)5-7-15/h8-10,12,15,18H,3-7,11H2,1-2H3. The highest BCUT2D eigenvalue weighted by molar-refractivity contribution is 5.29. The summed E-state index contributed by atoms with van der Waals surface area (Å²) in [5.41, 5.74) is 0.945. The molecule has 0 amide bonds. The maximum Gasteiger partial charge on any atom is 0.127 e. The van der Waals surface area contributed by atoms with Crippen molar-refractivity contribution in [1.82, 2.24) is 5.32 Å². The van der Waals surface area contributed by atoms with E-state index in [4.69, 9.17) is 4.74 Å². The average molecular weight is 265 g/mol. The molecular weight excluding hydrogens is 241 g/mol. The molecule has 0 unspecified atom stereocenters. The maximum atomic E-state index is 13.6. The Morgan fingerprint density at radius 1 is 1.21 bits per heavy atom. The van der Waals surface area contributed by atoms with Gasteiger partial charge in [-0.2, -0.15) is 0 Å². The highest BCUT2D eigenvalue weighted by Gasteiger charge is 2.19. The zero-order chi connectivity index (χ0) is 13.7. The van der Waals surface area contributed by atoms with E-state index < -0.39 is 0 Å². The third-order valence-electron chi connectivity index (χ3n) is 3.78. The smallest absolute Gasteiger partial charge is 0.127 e. The quantitative estimate of drug-likeness (QED) is 0.872. The van der Waals surface area contributed by atoms with Crippen molar-refractivity contribution in [2.24, 2.45) is 5.92 Å². The Kier molecular flexibility index (Phi) is 5.20. The predicted octanol–water partition coefficient (Wildman–Crippen LogP) is 3.89. The van der Waals surface area contributed by atoms with Crippen LogP contribution in [-0.2, 0) is 6.54 Å². The lowest BCUT2D eigenvalue weighted by Gasteiger charge is -2.27. The van der Waals surface area contributed by atoms with Crippen molar-refractivity contribution in [3.05, 3.63) is 29.6 Å². The van der Waals surface area contributed by atoms with Crippen LogP contribution >= 0.6 is 0 Å². The Balaban J connectivity index is 1.97. The van der Waals surface area contributed by atoms with Crippen LogP contribution in [0.1, 0.15) is 45.1 Å². The van der Waals surface area contributed by atoms with Gasteiger partial charge in [-0.25, -0.2) is 4.39 Å². The van der Waals surface area contributed by atoms with Gasteiger partial charge in [0.25, 0.3) is 0 Å². The molecule has 0 radical (unpaired) electrons. The second-order valence-electron chi connectivity index (χ2n) is 5.58. The van der Waals surface area contributed by atoms with Gasteiger partial charge in [-0.15, -0.1) is 0 Å². The molecule has 0 aliphatic heterocycles. The van der Waals surface area contributed by atoms with E-state index in [1.807, 2.05) is 13.0 Å². The summed E-state index contributed by atoms with van der Waals surface area (Å²) in [5.74, 6) is 1.26. The molecule has 1 saturated carbocycles. The molecule has 0 aromatic heterocycles. The molecule has 2 nitrogen and oxygen atoms in total. The lowest BCUT2D eigenvalue weighted by molar-refractivity contribution is 0.135. The second kappa shape index (κ2) is 6.90. The van der Waals surface area contributed by atoms with Gasteiger partial charge in [0.1, 0.15) is 11.6 Å². The van der Waals surface area contributed by atoms with Gasteiger partial charge in [0.05, 0.1) is 6.10 Å². The molecule has 1 aromatic carbocycles. The predicted molar refractivity (Wildman–Crippen MR) is 75.8 cm³/mol. The second-order valence-corrected chi connectivity index (χ2v) is 5.58. The van der Waals surface area contributed by atoms with Gasteiger partial charge in [-0.05, 0) is 55.8 Å². The van der Waals surface area contributed by atoms with Crippen molar-refractivity contribution in [2.45, 2.75) is 52.2 Å². The molecule has 0 saturated heterocycles. The van der Waals surface area contributed by atoms with Crippen LogP contribution in [0.2, 0.25) is 0 Å². The largest absolute Gasteiger partial charge is 0.490 e. The Morgan fingerprint density at radius 2 is 1.95 bits per heavy atom. The highest BCUT2D eigenvalue weighted by atomic mass is 19.1. The zero-order valence-corrected chi connectivity index (χ0v) is 11.9. The summed E-state index contributed by atoms with van der Waals surface area (Å²) >= 11 is 0. The van der Waals surface area contributed by atoms with Crippen LogP contribution in [0.4, 0.5) is 4.39 Å². The van der Waals surface area contributed by atoms with Gasteiger partial charge < -0.3 is 10.1 Å². The van der Waals surface area contributed by atoms with Crippen LogP contribution in [0, 0.1) is 11.7 Å². The average Bonchev–Trinajstić information content (AvgIpc) is 2.38. The Labute approximate surface area is 115 Å². The fraction of sp³-hybridized carbons (Fsp3) is 0.625. The molecule has 0 heterocycles. The van der Waals surface area contributed by atoms with E-state index >= 15 is 0 Å². The summed E-state index contributed by atoms with van der Waals surface area (Å²) in [7, 11) is 0. The van der Waals surface area contributed by atoms with E-state index in [0.29, 0.717) is 12.3 Å². The van der Waals surface area contributed by atoms with Crippen LogP contribution in [-0.4, -0.2) is 12.6 Å². The van der Waals surface area contributed by atoms with Gasteiger partial charge in [-0.1, -0.05) is 13.8 Å². The normalized spacial score (nSPS) is 23.3. The molecule has 19 heavy (non-hydrogen) atoms. The van der Waals surface area contributed by atoms with Crippen molar-refractivity contribution in [1.29, 1.82) is 0 Å². The molecule has 106 valence electrons. The molecule has 3 heteroatoms. The summed E-state index contributed by atoms with van der Waals surface area (Å²) in [6.07, 6.45) is 4.85. The first-order valence-corrected chi connectivity index (χ1v) is 7.34. The number of halogens is 1. The van der Waals surface area contributed by atoms with Crippen LogP contribution in [0.5, 0.6) is 5.75 Å². The van der Waals surface area contributed by atoms with E-state index in [9.17, 15) is 4.39 Å². The summed E-state index contributed by atoms with van der Waals surface area (Å²) < 4.78 is 19.5. The van der Waals surface area contributed by atoms with Crippen molar-refractivity contribution >= 4 is 0 Å². The van der Waals surface area contributed by atoms with Gasteiger partial charge in [0, 0.05) is 12.6 Å². The minimum absolute atomic E-state index is 0.213. The molecule has 1 aliphatic carbocycles. The molecule has 1 fully saturated rings. The highest BCUT2D eigenvalue weighted by Crippen LogP contribution is 2.28. The molecule has 1 N–H and O–H groups in total. The van der Waals surface area contributed by atoms with Gasteiger partial charge in [0.15, 0.2) is 0 Å². The SMILES string of the molecule is CCNCc1cc(F)cc(OC2CCC(C)CC2)c1. The molecule has 0 bridgehead atoms. The first-order valence-electron chi connectivity index (χ1n) is 7.34. The van der Waals surface area contributed by atoms with E-state index in [1.165, 1.54) is 18.9 Å². The van der Waals surface area contributed by atoms with Crippen molar-refractivity contribution in [3.8, 4) is 5.75 Å². The first-order chi connectivity index (χ1) is 9.17. The Bertz CT molecular complexity index is 400. The number of hydrogen-bond acceptors (Lipinski definition) is 2. The first kappa shape index (κ1) is 14.3. The lowest BCUT2D eigenvalue weighted by Crippen LogP contribution is -2.23. The monoisotopic (exact) mass is 265 g/mol. The topological polar surface area (TPSA) is 21.3 Å².